The number of anilines is 6. The molecule has 13 heteroatoms. The number of alkyl halides is 3. The van der Waals surface area contributed by atoms with E-state index < -0.39 is 24.4 Å². The van der Waals surface area contributed by atoms with Crippen molar-refractivity contribution < 1.29 is 27.6 Å². The second-order valence-electron chi connectivity index (χ2n) is 7.25. The minimum absolute atomic E-state index is 0.00916. The summed E-state index contributed by atoms with van der Waals surface area (Å²) in [4.78, 5) is 42.9. The largest absolute Gasteiger partial charge is 0.397 e. The number of nitrogens with zero attached hydrogens (tertiary/aromatic N) is 2. The molecule has 1 heterocycles. The van der Waals surface area contributed by atoms with Gasteiger partial charge < -0.3 is 27.0 Å². The lowest BCUT2D eigenvalue weighted by molar-refractivity contribution is -0.150. The fourth-order valence-electron chi connectivity index (χ4n) is 2.89. The predicted molar refractivity (Wildman–Crippen MR) is 124 cm³/mol. The van der Waals surface area contributed by atoms with Crippen molar-refractivity contribution in [2.75, 3.05) is 21.3 Å². The van der Waals surface area contributed by atoms with Gasteiger partial charge in [-0.25, -0.2) is 4.98 Å². The van der Waals surface area contributed by atoms with Crippen LogP contribution in [0.3, 0.4) is 0 Å². The summed E-state index contributed by atoms with van der Waals surface area (Å²) in [5, 5.41) is 10.6. The zero-order valence-electron chi connectivity index (χ0n) is 18.2. The topological polar surface area (TPSA) is 151 Å². The first-order chi connectivity index (χ1) is 16.5. The standard InChI is InChI=1S/C22H20F3N7O3/c1-12(33)28-15-3-2-4-16(9-15)31-21-27-11-17(19(26)35)20(32-21)30-14-7-5-13(6-8-14)29-18(34)10-22(23,24)25/h2-9,11H,10H2,1H3,(H2,26,35)(H,28,33)(H,29,34)(H2,27,30,31,32). The SMILES string of the molecule is CC(=O)Nc1cccc(Nc2ncc(C(N)=O)c(Nc3ccc(NC(=O)CC(F)(F)F)cc3)n2)c1. The quantitative estimate of drug-likeness (QED) is 0.323. The van der Waals surface area contributed by atoms with Crippen LogP contribution in [0.1, 0.15) is 23.7 Å². The van der Waals surface area contributed by atoms with E-state index in [2.05, 4.69) is 31.2 Å². The van der Waals surface area contributed by atoms with Crippen molar-refractivity contribution in [2.24, 2.45) is 5.73 Å². The van der Waals surface area contributed by atoms with Gasteiger partial charge in [-0.05, 0) is 42.5 Å². The van der Waals surface area contributed by atoms with Crippen LogP contribution in [0.2, 0.25) is 0 Å². The molecule has 0 fully saturated rings. The van der Waals surface area contributed by atoms with Gasteiger partial charge in [0, 0.05) is 35.9 Å². The maximum absolute atomic E-state index is 12.3. The lowest BCUT2D eigenvalue weighted by Gasteiger charge is -2.13. The maximum Gasteiger partial charge on any atom is 0.397 e. The number of hydrogen-bond acceptors (Lipinski definition) is 7. The van der Waals surface area contributed by atoms with E-state index in [-0.39, 0.29) is 28.9 Å². The molecular weight excluding hydrogens is 467 g/mol. The number of primary amides is 1. The van der Waals surface area contributed by atoms with Crippen molar-refractivity contribution in [1.29, 1.82) is 0 Å². The van der Waals surface area contributed by atoms with Crippen LogP contribution in [-0.4, -0.2) is 33.9 Å². The molecule has 182 valence electrons. The summed E-state index contributed by atoms with van der Waals surface area (Å²) < 4.78 is 36.9. The third-order valence-electron chi connectivity index (χ3n) is 4.29. The van der Waals surface area contributed by atoms with E-state index in [1.807, 2.05) is 0 Å². The summed E-state index contributed by atoms with van der Waals surface area (Å²) in [5.74, 6) is -2.02. The highest BCUT2D eigenvalue weighted by Gasteiger charge is 2.31. The van der Waals surface area contributed by atoms with Gasteiger partial charge in [-0.3, -0.25) is 14.4 Å². The van der Waals surface area contributed by atoms with Gasteiger partial charge in [0.25, 0.3) is 5.91 Å². The van der Waals surface area contributed by atoms with Gasteiger partial charge in [-0.2, -0.15) is 18.2 Å². The van der Waals surface area contributed by atoms with Crippen molar-refractivity contribution in [1.82, 2.24) is 9.97 Å². The van der Waals surface area contributed by atoms with Crippen LogP contribution in [0.4, 0.5) is 47.7 Å². The average molecular weight is 487 g/mol. The van der Waals surface area contributed by atoms with Crippen molar-refractivity contribution >= 4 is 52.2 Å². The molecule has 0 saturated heterocycles. The lowest BCUT2D eigenvalue weighted by Crippen LogP contribution is -2.21. The molecule has 0 aliphatic carbocycles. The van der Waals surface area contributed by atoms with Crippen LogP contribution in [0.25, 0.3) is 0 Å². The normalized spacial score (nSPS) is 10.9. The molecule has 10 nitrogen and oxygen atoms in total. The Morgan fingerprint density at radius 1 is 0.914 bits per heavy atom. The fourth-order valence-corrected chi connectivity index (χ4v) is 2.89. The lowest BCUT2D eigenvalue weighted by atomic mass is 10.2. The van der Waals surface area contributed by atoms with Crippen LogP contribution in [0, 0.1) is 0 Å². The first-order valence-corrected chi connectivity index (χ1v) is 10.0. The predicted octanol–water partition coefficient (Wildman–Crippen LogP) is 3.91. The van der Waals surface area contributed by atoms with Gasteiger partial charge in [0.05, 0.1) is 0 Å². The van der Waals surface area contributed by atoms with E-state index in [0.717, 1.165) is 0 Å². The smallest absolute Gasteiger partial charge is 0.365 e. The van der Waals surface area contributed by atoms with Gasteiger partial charge in [0.15, 0.2) is 0 Å². The third-order valence-corrected chi connectivity index (χ3v) is 4.29. The molecule has 1 aromatic heterocycles. The fraction of sp³-hybridized carbons (Fsp3) is 0.136. The number of nitrogens with two attached hydrogens (primary N) is 1. The van der Waals surface area contributed by atoms with Crippen LogP contribution in [0.5, 0.6) is 0 Å². The maximum atomic E-state index is 12.3. The molecule has 0 saturated carbocycles. The highest BCUT2D eigenvalue weighted by Crippen LogP contribution is 2.24. The number of aromatic nitrogens is 2. The average Bonchev–Trinajstić information content (AvgIpc) is 2.73. The van der Waals surface area contributed by atoms with Crippen LogP contribution < -0.4 is 27.0 Å². The Morgan fingerprint density at radius 3 is 2.20 bits per heavy atom. The number of halogens is 3. The zero-order chi connectivity index (χ0) is 25.6. The minimum Gasteiger partial charge on any atom is -0.365 e. The highest BCUT2D eigenvalue weighted by molar-refractivity contribution is 5.98. The Morgan fingerprint density at radius 2 is 1.57 bits per heavy atom. The molecule has 0 spiro atoms. The first-order valence-electron chi connectivity index (χ1n) is 10.0. The molecule has 0 atom stereocenters. The van der Waals surface area contributed by atoms with Crippen LogP contribution in [0.15, 0.2) is 54.7 Å². The van der Waals surface area contributed by atoms with Gasteiger partial charge in [0.1, 0.15) is 17.8 Å². The van der Waals surface area contributed by atoms with Gasteiger partial charge >= 0.3 is 6.18 Å². The molecule has 0 unspecified atom stereocenters. The molecule has 35 heavy (non-hydrogen) atoms. The van der Waals surface area contributed by atoms with Gasteiger partial charge in [0.2, 0.25) is 17.8 Å². The molecule has 3 aromatic rings. The van der Waals surface area contributed by atoms with E-state index in [0.29, 0.717) is 17.1 Å². The van der Waals surface area contributed by atoms with Crippen molar-refractivity contribution in [3.8, 4) is 0 Å². The molecule has 0 aliphatic rings. The number of amides is 3. The number of rotatable bonds is 8. The molecule has 0 bridgehead atoms. The number of hydrogen-bond donors (Lipinski definition) is 5. The summed E-state index contributed by atoms with van der Waals surface area (Å²) in [7, 11) is 0. The van der Waals surface area contributed by atoms with Crippen LogP contribution in [-0.2, 0) is 9.59 Å². The summed E-state index contributed by atoms with van der Waals surface area (Å²) in [5.41, 5.74) is 7.09. The highest BCUT2D eigenvalue weighted by atomic mass is 19.4. The van der Waals surface area contributed by atoms with Gasteiger partial charge in [-0.15, -0.1) is 0 Å². The zero-order valence-corrected chi connectivity index (χ0v) is 18.2. The summed E-state index contributed by atoms with van der Waals surface area (Å²) >= 11 is 0. The van der Waals surface area contributed by atoms with Crippen molar-refractivity contribution in [2.45, 2.75) is 19.5 Å². The molecule has 0 aliphatic heterocycles. The van der Waals surface area contributed by atoms with E-state index in [1.165, 1.54) is 37.4 Å². The minimum atomic E-state index is -4.61. The Labute approximate surface area is 197 Å². The molecule has 3 amide bonds. The van der Waals surface area contributed by atoms with E-state index in [4.69, 9.17) is 5.73 Å². The van der Waals surface area contributed by atoms with Crippen LogP contribution >= 0.6 is 0 Å². The summed E-state index contributed by atoms with van der Waals surface area (Å²) in [6, 6.07) is 12.5. The number of carbonyl (C=O) groups is 3. The Bertz CT molecular complexity index is 1250. The Hall–Kier alpha value is -4.68. The second-order valence-corrected chi connectivity index (χ2v) is 7.25. The molecule has 0 radical (unpaired) electrons. The third kappa shape index (κ3) is 7.70. The number of benzene rings is 2. The van der Waals surface area contributed by atoms with Crippen molar-refractivity contribution in [3.63, 3.8) is 0 Å². The number of nitrogens with one attached hydrogen (secondary N) is 4. The molecular formula is C22H20F3N7O3. The number of carbonyl (C=O) groups excluding carboxylic acids is 3. The second kappa shape index (κ2) is 10.5. The molecule has 3 rings (SSSR count). The Balaban J connectivity index is 1.76. The van der Waals surface area contributed by atoms with Crippen molar-refractivity contribution in [3.05, 3.63) is 60.3 Å². The molecule has 6 N–H and O–H groups in total. The van der Waals surface area contributed by atoms with Gasteiger partial charge in [-0.1, -0.05) is 6.07 Å². The molecule has 2 aromatic carbocycles. The Kier molecular flexibility index (Phi) is 7.49. The van der Waals surface area contributed by atoms with E-state index in [9.17, 15) is 27.6 Å². The van der Waals surface area contributed by atoms with E-state index >= 15 is 0 Å². The van der Waals surface area contributed by atoms with E-state index in [1.54, 1.807) is 24.3 Å². The summed E-state index contributed by atoms with van der Waals surface area (Å²) in [6.07, 6.45) is -4.98. The summed E-state index contributed by atoms with van der Waals surface area (Å²) in [6.45, 7) is 1.38. The first kappa shape index (κ1) is 25.0. The monoisotopic (exact) mass is 487 g/mol.